The van der Waals surface area contributed by atoms with E-state index in [0.717, 1.165) is 67.1 Å². The fourth-order valence-corrected chi connectivity index (χ4v) is 3.95. The zero-order valence-corrected chi connectivity index (χ0v) is 17.8. The molecule has 1 fully saturated rings. The number of hydrogen-bond donors (Lipinski definition) is 0. The number of ether oxygens (including phenoxy) is 3. The van der Waals surface area contributed by atoms with Gasteiger partial charge in [0.05, 0.1) is 11.6 Å². The number of aryl methyl sites for hydroxylation is 1. The molecule has 2 aromatic carbocycles. The molecule has 5 heteroatoms. The lowest BCUT2D eigenvalue weighted by atomic mass is 10.1. The first kappa shape index (κ1) is 20.6. The predicted molar refractivity (Wildman–Crippen MR) is 120 cm³/mol. The molecule has 1 aliphatic heterocycles. The Morgan fingerprint density at radius 2 is 1.93 bits per heavy atom. The van der Waals surface area contributed by atoms with Crippen LogP contribution in [0.3, 0.4) is 0 Å². The molecule has 1 atom stereocenters. The number of rotatable bonds is 9. The summed E-state index contributed by atoms with van der Waals surface area (Å²) < 4.78 is 17.1. The molecular formula is C25H30N2O3. The topological polar surface area (TPSA) is 43.8 Å². The van der Waals surface area contributed by atoms with Gasteiger partial charge in [0.15, 0.2) is 0 Å². The average Bonchev–Trinajstić information content (AvgIpc) is 3.24. The van der Waals surface area contributed by atoms with Crippen molar-refractivity contribution in [1.82, 2.24) is 4.98 Å². The summed E-state index contributed by atoms with van der Waals surface area (Å²) in [6.45, 7) is 6.02. The van der Waals surface area contributed by atoms with Crippen molar-refractivity contribution in [3.05, 3.63) is 65.9 Å². The van der Waals surface area contributed by atoms with E-state index in [4.69, 9.17) is 19.2 Å². The molecular weight excluding hydrogens is 376 g/mol. The first-order valence-corrected chi connectivity index (χ1v) is 10.7. The lowest BCUT2D eigenvalue weighted by Crippen LogP contribution is -2.23. The molecule has 0 aliphatic carbocycles. The molecule has 1 saturated heterocycles. The van der Waals surface area contributed by atoms with Gasteiger partial charge in [-0.2, -0.15) is 0 Å². The summed E-state index contributed by atoms with van der Waals surface area (Å²) in [5.74, 6) is 0.844. The zero-order valence-electron chi connectivity index (χ0n) is 17.8. The zero-order chi connectivity index (χ0) is 20.8. The Morgan fingerprint density at radius 1 is 1.07 bits per heavy atom. The molecule has 0 spiro atoms. The van der Waals surface area contributed by atoms with Gasteiger partial charge in [0.2, 0.25) is 0 Å². The highest BCUT2D eigenvalue weighted by molar-refractivity contribution is 5.93. The summed E-state index contributed by atoms with van der Waals surface area (Å²) in [4.78, 5) is 7.18. The van der Waals surface area contributed by atoms with E-state index in [0.29, 0.717) is 6.61 Å². The minimum Gasteiger partial charge on any atom is -0.489 e. The maximum atomic E-state index is 6.03. The summed E-state index contributed by atoms with van der Waals surface area (Å²) in [7, 11) is 1.73. The fraction of sp³-hybridized carbons (Fsp3) is 0.400. The molecule has 2 heterocycles. The van der Waals surface area contributed by atoms with Gasteiger partial charge in [-0.1, -0.05) is 30.3 Å². The van der Waals surface area contributed by atoms with Crippen LogP contribution < -0.4 is 9.64 Å². The maximum absolute atomic E-state index is 6.03. The number of aromatic nitrogens is 1. The van der Waals surface area contributed by atoms with Crippen LogP contribution in [0.4, 0.5) is 5.69 Å². The monoisotopic (exact) mass is 406 g/mol. The molecule has 0 amide bonds. The average molecular weight is 407 g/mol. The smallest absolute Gasteiger partial charge is 0.122 e. The van der Waals surface area contributed by atoms with E-state index in [1.807, 2.05) is 30.3 Å². The van der Waals surface area contributed by atoms with Crippen LogP contribution in [-0.4, -0.2) is 44.5 Å². The van der Waals surface area contributed by atoms with E-state index in [1.165, 1.54) is 5.69 Å². The molecule has 0 N–H and O–H groups in total. The van der Waals surface area contributed by atoms with Gasteiger partial charge in [-0.15, -0.1) is 0 Å². The highest BCUT2D eigenvalue weighted by Crippen LogP contribution is 2.32. The summed E-state index contributed by atoms with van der Waals surface area (Å²) in [6, 6.07) is 18.6. The van der Waals surface area contributed by atoms with Crippen LogP contribution in [0.2, 0.25) is 0 Å². The Labute approximate surface area is 178 Å². The van der Waals surface area contributed by atoms with Crippen molar-refractivity contribution in [2.75, 3.05) is 38.3 Å². The van der Waals surface area contributed by atoms with Crippen LogP contribution in [0.25, 0.3) is 10.9 Å². The first-order chi connectivity index (χ1) is 14.7. The van der Waals surface area contributed by atoms with Gasteiger partial charge in [-0.05, 0) is 43.5 Å². The molecule has 1 aromatic heterocycles. The molecule has 0 unspecified atom stereocenters. The van der Waals surface area contributed by atoms with Crippen molar-refractivity contribution in [2.24, 2.45) is 0 Å². The summed E-state index contributed by atoms with van der Waals surface area (Å²) in [5, 5.41) is 1.16. The minimum absolute atomic E-state index is 0.277. The molecule has 158 valence electrons. The third-order valence-corrected chi connectivity index (χ3v) is 5.47. The number of nitrogens with zero attached hydrogens (tertiary/aromatic N) is 2. The second-order valence-electron chi connectivity index (χ2n) is 7.81. The molecule has 5 nitrogen and oxygen atoms in total. The number of fused-ring (bicyclic) bond motifs is 1. The fourth-order valence-electron chi connectivity index (χ4n) is 3.95. The lowest BCUT2D eigenvalue weighted by molar-refractivity contribution is 0.0523. The first-order valence-electron chi connectivity index (χ1n) is 10.7. The van der Waals surface area contributed by atoms with Gasteiger partial charge in [0.1, 0.15) is 12.4 Å². The van der Waals surface area contributed by atoms with Crippen LogP contribution in [0, 0.1) is 6.92 Å². The Hall–Kier alpha value is -2.63. The summed E-state index contributed by atoms with van der Waals surface area (Å²) >= 11 is 0. The van der Waals surface area contributed by atoms with Crippen LogP contribution in [-0.2, 0) is 16.1 Å². The van der Waals surface area contributed by atoms with Crippen molar-refractivity contribution in [2.45, 2.75) is 32.5 Å². The Kier molecular flexibility index (Phi) is 6.82. The summed E-state index contributed by atoms with van der Waals surface area (Å²) in [6.07, 6.45) is 2.27. The normalized spacial score (nSPS) is 16.3. The molecule has 0 bridgehead atoms. The minimum atomic E-state index is 0.277. The van der Waals surface area contributed by atoms with Crippen LogP contribution in [0.15, 0.2) is 54.6 Å². The highest BCUT2D eigenvalue weighted by atomic mass is 16.5. The lowest BCUT2D eigenvalue weighted by Gasteiger charge is -2.21. The SMILES string of the molecule is COCCCO[C@H]1CCN(c2cc(C)nc3cc(OCc4ccccc4)ccc23)C1. The number of anilines is 1. The number of pyridine rings is 1. The largest absolute Gasteiger partial charge is 0.489 e. The van der Waals surface area contributed by atoms with Crippen molar-refractivity contribution < 1.29 is 14.2 Å². The van der Waals surface area contributed by atoms with Crippen molar-refractivity contribution in [3.8, 4) is 5.75 Å². The molecule has 4 rings (SSSR count). The second kappa shape index (κ2) is 9.92. The van der Waals surface area contributed by atoms with Crippen molar-refractivity contribution in [3.63, 3.8) is 0 Å². The van der Waals surface area contributed by atoms with Gasteiger partial charge in [-0.3, -0.25) is 4.98 Å². The Morgan fingerprint density at radius 3 is 2.77 bits per heavy atom. The molecule has 30 heavy (non-hydrogen) atoms. The van der Waals surface area contributed by atoms with Crippen LogP contribution in [0.5, 0.6) is 5.75 Å². The van der Waals surface area contributed by atoms with Crippen molar-refractivity contribution >= 4 is 16.6 Å². The second-order valence-corrected chi connectivity index (χ2v) is 7.81. The van der Waals surface area contributed by atoms with Crippen molar-refractivity contribution in [1.29, 1.82) is 0 Å². The van der Waals surface area contributed by atoms with Crippen LogP contribution in [0.1, 0.15) is 24.1 Å². The van der Waals surface area contributed by atoms with E-state index >= 15 is 0 Å². The molecule has 0 saturated carbocycles. The molecule has 0 radical (unpaired) electrons. The molecule has 3 aromatic rings. The number of hydrogen-bond acceptors (Lipinski definition) is 5. The third-order valence-electron chi connectivity index (χ3n) is 5.47. The van der Waals surface area contributed by atoms with Gasteiger partial charge in [0, 0.05) is 56.2 Å². The Balaban J connectivity index is 1.46. The number of benzene rings is 2. The van der Waals surface area contributed by atoms with Gasteiger partial charge < -0.3 is 19.1 Å². The van der Waals surface area contributed by atoms with E-state index in [1.54, 1.807) is 7.11 Å². The quantitative estimate of drug-likeness (QED) is 0.480. The van der Waals surface area contributed by atoms with Gasteiger partial charge in [0.25, 0.3) is 0 Å². The van der Waals surface area contributed by atoms with Crippen LogP contribution >= 0.6 is 0 Å². The number of methoxy groups -OCH3 is 1. The third kappa shape index (κ3) is 5.10. The standard InChI is InChI=1S/C25H30N2O3/c1-19-15-25(27-12-11-22(17-27)29-14-6-13-28-2)23-10-9-21(16-24(23)26-19)30-18-20-7-4-3-5-8-20/h3-5,7-10,15-16,22H,6,11-14,17-18H2,1-2H3/t22-/m0/s1. The highest BCUT2D eigenvalue weighted by Gasteiger charge is 2.25. The van der Waals surface area contributed by atoms with Gasteiger partial charge in [-0.25, -0.2) is 0 Å². The van der Waals surface area contributed by atoms with E-state index < -0.39 is 0 Å². The van der Waals surface area contributed by atoms with Gasteiger partial charge >= 0.3 is 0 Å². The summed E-state index contributed by atoms with van der Waals surface area (Å²) in [5.41, 5.74) is 4.38. The van der Waals surface area contributed by atoms with E-state index in [9.17, 15) is 0 Å². The van der Waals surface area contributed by atoms with E-state index in [-0.39, 0.29) is 6.10 Å². The predicted octanol–water partition coefficient (Wildman–Crippen LogP) is 4.75. The molecule has 1 aliphatic rings. The Bertz CT molecular complexity index is 961. The maximum Gasteiger partial charge on any atom is 0.122 e. The van der Waals surface area contributed by atoms with E-state index in [2.05, 4.69) is 36.1 Å².